The van der Waals surface area contributed by atoms with Crippen LogP contribution in [0, 0.1) is 0 Å². The van der Waals surface area contributed by atoms with Gasteiger partial charge in [0.15, 0.2) is 0 Å². The second-order valence-electron chi connectivity index (χ2n) is 8.13. The van der Waals surface area contributed by atoms with E-state index in [2.05, 4.69) is 13.8 Å². The Morgan fingerprint density at radius 3 is 1.36 bits per heavy atom. The Labute approximate surface area is 197 Å². The fourth-order valence-electron chi connectivity index (χ4n) is 3.68. The quantitative estimate of drug-likeness (QED) is 0.183. The van der Waals surface area contributed by atoms with E-state index in [0.717, 1.165) is 44.9 Å². The molecule has 0 rings (SSSR count). The summed E-state index contributed by atoms with van der Waals surface area (Å²) in [5, 5.41) is 9.02. The second-order valence-corrected chi connectivity index (χ2v) is 9.72. The minimum absolute atomic E-state index is 0. The van der Waals surface area contributed by atoms with Crippen LogP contribution in [0.25, 0.3) is 0 Å². The van der Waals surface area contributed by atoms with Gasteiger partial charge in [-0.05, 0) is 12.8 Å². The molecular weight excluding hydrogens is 383 g/mol. The van der Waals surface area contributed by atoms with Gasteiger partial charge in [-0.25, -0.2) is 8.42 Å². The third kappa shape index (κ3) is 18.9. The number of hydrogen-bond acceptors (Lipinski definition) is 4. The van der Waals surface area contributed by atoms with Gasteiger partial charge < -0.3 is 9.66 Å². The zero-order chi connectivity index (χ0) is 20.4. The van der Waals surface area contributed by atoms with E-state index in [0.29, 0.717) is 12.8 Å². The zero-order valence-electron chi connectivity index (χ0n) is 19.0. The predicted octanol–water partition coefficient (Wildman–Crippen LogP) is 3.33. The van der Waals surface area contributed by atoms with Crippen LogP contribution < -0.4 is 29.6 Å². The Bertz CT molecular complexity index is 415. The molecule has 0 aliphatic rings. The van der Waals surface area contributed by atoms with Gasteiger partial charge >= 0.3 is 29.6 Å². The van der Waals surface area contributed by atoms with Crippen molar-refractivity contribution in [2.75, 3.05) is 0 Å². The topological polar surface area (TPSA) is 77.4 Å². The smallest absolute Gasteiger partial charge is 0.748 e. The van der Waals surface area contributed by atoms with Gasteiger partial charge in [0.25, 0.3) is 0 Å². The molecule has 4 nitrogen and oxygen atoms in total. The Morgan fingerprint density at radius 2 is 0.964 bits per heavy atom. The molecule has 0 fully saturated rings. The SMILES string of the molecule is CCCCCCCCCCCCCCC(C(O)CCCCCC)S(=O)(=O)[O-].[Na+]. The number of aliphatic hydroxyl groups is 1. The molecule has 0 saturated heterocycles. The molecule has 0 aromatic carbocycles. The van der Waals surface area contributed by atoms with Gasteiger partial charge in [0.2, 0.25) is 0 Å². The summed E-state index contributed by atoms with van der Waals surface area (Å²) in [6.07, 6.45) is 18.2. The second kappa shape index (κ2) is 21.1. The van der Waals surface area contributed by atoms with Crippen molar-refractivity contribution < 1.29 is 47.6 Å². The average molecular weight is 429 g/mol. The molecular formula is C22H45NaO4S. The van der Waals surface area contributed by atoms with Crippen molar-refractivity contribution in [2.24, 2.45) is 0 Å². The fraction of sp³-hybridized carbons (Fsp3) is 1.00. The zero-order valence-corrected chi connectivity index (χ0v) is 21.8. The van der Waals surface area contributed by atoms with Gasteiger partial charge in [0, 0.05) is 0 Å². The molecule has 0 spiro atoms. The van der Waals surface area contributed by atoms with E-state index in [1.807, 2.05) is 0 Å². The van der Waals surface area contributed by atoms with Crippen LogP contribution in [0.15, 0.2) is 0 Å². The summed E-state index contributed by atoms with van der Waals surface area (Å²) in [4.78, 5) is 0. The Balaban J connectivity index is 0. The molecule has 0 aliphatic carbocycles. The number of unbranched alkanes of at least 4 members (excludes halogenated alkanes) is 14. The molecule has 0 amide bonds. The van der Waals surface area contributed by atoms with Gasteiger partial charge in [-0.15, -0.1) is 0 Å². The van der Waals surface area contributed by atoms with E-state index < -0.39 is 21.5 Å². The first-order chi connectivity index (χ1) is 12.9. The van der Waals surface area contributed by atoms with Crippen molar-refractivity contribution in [3.05, 3.63) is 0 Å². The van der Waals surface area contributed by atoms with Crippen LogP contribution in [0.3, 0.4) is 0 Å². The van der Waals surface area contributed by atoms with Crippen molar-refractivity contribution in [2.45, 2.75) is 141 Å². The Morgan fingerprint density at radius 1 is 0.643 bits per heavy atom. The van der Waals surface area contributed by atoms with Crippen LogP contribution >= 0.6 is 0 Å². The van der Waals surface area contributed by atoms with Crippen LogP contribution in [0.5, 0.6) is 0 Å². The molecule has 6 heteroatoms. The van der Waals surface area contributed by atoms with E-state index >= 15 is 0 Å². The van der Waals surface area contributed by atoms with E-state index in [9.17, 15) is 18.1 Å². The van der Waals surface area contributed by atoms with Crippen LogP contribution in [0.4, 0.5) is 0 Å². The summed E-state index contributed by atoms with van der Waals surface area (Å²) in [5.41, 5.74) is 0. The monoisotopic (exact) mass is 428 g/mol. The first-order valence-electron chi connectivity index (χ1n) is 11.6. The standard InChI is InChI=1S/C22H46O4S.Na/c1-3-5-7-9-10-11-12-13-14-15-16-18-20-22(27(24,25)26)21(23)19-17-8-6-4-2;/h21-23H,3-20H2,1-2H3,(H,24,25,26);/q;+1/p-1. The van der Waals surface area contributed by atoms with E-state index in [4.69, 9.17) is 0 Å². The first kappa shape index (κ1) is 31.1. The predicted molar refractivity (Wildman–Crippen MR) is 114 cm³/mol. The van der Waals surface area contributed by atoms with Crippen molar-refractivity contribution in [3.8, 4) is 0 Å². The number of hydrogen-bond donors (Lipinski definition) is 1. The molecule has 2 unspecified atom stereocenters. The summed E-state index contributed by atoms with van der Waals surface area (Å²) in [6.45, 7) is 4.35. The molecule has 0 radical (unpaired) electrons. The number of aliphatic hydroxyl groups excluding tert-OH is 1. The van der Waals surface area contributed by atoms with Crippen molar-refractivity contribution in [1.29, 1.82) is 0 Å². The molecule has 28 heavy (non-hydrogen) atoms. The van der Waals surface area contributed by atoms with E-state index in [-0.39, 0.29) is 29.6 Å². The molecule has 1 N–H and O–H groups in total. The molecule has 0 bridgehead atoms. The minimum Gasteiger partial charge on any atom is -0.748 e. The summed E-state index contributed by atoms with van der Waals surface area (Å²) < 4.78 is 34.4. The summed E-state index contributed by atoms with van der Waals surface area (Å²) in [7, 11) is -4.42. The molecule has 0 aliphatic heterocycles. The van der Waals surface area contributed by atoms with Crippen LogP contribution in [-0.2, 0) is 10.1 Å². The average Bonchev–Trinajstić information content (AvgIpc) is 2.61. The van der Waals surface area contributed by atoms with Crippen molar-refractivity contribution in [3.63, 3.8) is 0 Å². The Hall–Kier alpha value is 0.870. The van der Waals surface area contributed by atoms with Gasteiger partial charge in [-0.1, -0.05) is 117 Å². The summed E-state index contributed by atoms with van der Waals surface area (Å²) in [5.74, 6) is 0. The third-order valence-electron chi connectivity index (χ3n) is 5.50. The molecule has 0 saturated carbocycles. The maximum atomic E-state index is 11.5. The van der Waals surface area contributed by atoms with E-state index in [1.165, 1.54) is 57.8 Å². The van der Waals surface area contributed by atoms with Crippen LogP contribution in [0.1, 0.15) is 129 Å². The number of rotatable bonds is 20. The minimum atomic E-state index is -4.42. The van der Waals surface area contributed by atoms with Gasteiger partial charge in [0.05, 0.1) is 11.4 Å². The fourth-order valence-corrected chi connectivity index (χ4v) is 4.66. The summed E-state index contributed by atoms with van der Waals surface area (Å²) >= 11 is 0. The van der Waals surface area contributed by atoms with Crippen LogP contribution in [0.2, 0.25) is 0 Å². The molecule has 2 atom stereocenters. The summed E-state index contributed by atoms with van der Waals surface area (Å²) in [6, 6.07) is 0. The first-order valence-corrected chi connectivity index (χ1v) is 13.0. The molecule has 0 heterocycles. The van der Waals surface area contributed by atoms with Gasteiger partial charge in [-0.2, -0.15) is 0 Å². The molecule has 164 valence electrons. The van der Waals surface area contributed by atoms with Crippen molar-refractivity contribution in [1.82, 2.24) is 0 Å². The van der Waals surface area contributed by atoms with Gasteiger partial charge in [-0.3, -0.25) is 0 Å². The third-order valence-corrected chi connectivity index (χ3v) is 6.79. The molecule has 0 aromatic heterocycles. The van der Waals surface area contributed by atoms with Gasteiger partial charge in [0.1, 0.15) is 10.1 Å². The van der Waals surface area contributed by atoms with E-state index in [1.54, 1.807) is 0 Å². The van der Waals surface area contributed by atoms with Crippen LogP contribution in [-0.4, -0.2) is 29.4 Å². The Kier molecular flexibility index (Phi) is 23.4. The van der Waals surface area contributed by atoms with Crippen molar-refractivity contribution >= 4 is 10.1 Å². The molecule has 0 aromatic rings. The maximum absolute atomic E-state index is 11.5. The largest absolute Gasteiger partial charge is 1.00 e. The normalized spacial score (nSPS) is 13.9. The maximum Gasteiger partial charge on any atom is 1.00 e.